The fraction of sp³-hybridized carbons (Fsp3) is 0.533. The summed E-state index contributed by atoms with van der Waals surface area (Å²) in [6, 6.07) is 5.22. The fourth-order valence-corrected chi connectivity index (χ4v) is 4.84. The number of hydrogen-bond acceptors (Lipinski definition) is 5. The summed E-state index contributed by atoms with van der Waals surface area (Å²) in [4.78, 5) is 10.8. The first kappa shape index (κ1) is 21.4. The van der Waals surface area contributed by atoms with Crippen molar-refractivity contribution in [2.45, 2.75) is 38.0 Å². The zero-order valence-corrected chi connectivity index (χ0v) is 15.9. The average Bonchev–Trinajstić information content (AvgIpc) is 2.52. The summed E-state index contributed by atoms with van der Waals surface area (Å²) in [6.07, 6.45) is 1.75. The number of benzene rings is 1. The summed E-state index contributed by atoms with van der Waals surface area (Å²) < 4.78 is 52.0. The van der Waals surface area contributed by atoms with Gasteiger partial charge in [0.2, 0.25) is 20.0 Å². The minimum atomic E-state index is -3.96. The van der Waals surface area contributed by atoms with Gasteiger partial charge in [-0.15, -0.1) is 0 Å². The van der Waals surface area contributed by atoms with Crippen LogP contribution in [0.15, 0.2) is 29.2 Å². The molecule has 0 aromatic heterocycles. The van der Waals surface area contributed by atoms with Crippen LogP contribution in [0.1, 0.15) is 33.1 Å². The molecular weight excluding hydrogens is 368 g/mol. The number of nitrogens with zero attached hydrogens (tertiary/aromatic N) is 1. The van der Waals surface area contributed by atoms with Crippen molar-refractivity contribution >= 4 is 31.7 Å². The van der Waals surface area contributed by atoms with Crippen molar-refractivity contribution in [3.8, 4) is 0 Å². The van der Waals surface area contributed by atoms with Gasteiger partial charge in [0.05, 0.1) is 10.6 Å². The molecule has 1 aromatic carbocycles. The fourth-order valence-electron chi connectivity index (χ4n) is 2.09. The first-order chi connectivity index (χ1) is 11.6. The van der Waals surface area contributed by atoms with Crippen molar-refractivity contribution in [1.82, 2.24) is 4.31 Å². The van der Waals surface area contributed by atoms with Crippen LogP contribution in [0.25, 0.3) is 0 Å². The maximum atomic E-state index is 12.5. The molecule has 0 atom stereocenters. The molecule has 0 amide bonds. The second-order valence-electron chi connectivity index (χ2n) is 5.53. The second kappa shape index (κ2) is 9.16. The van der Waals surface area contributed by atoms with E-state index in [0.717, 1.165) is 10.7 Å². The van der Waals surface area contributed by atoms with Gasteiger partial charge in [-0.2, -0.15) is 4.31 Å². The van der Waals surface area contributed by atoms with Crippen LogP contribution in [0.5, 0.6) is 0 Å². The van der Waals surface area contributed by atoms with Gasteiger partial charge in [0.15, 0.2) is 0 Å². The summed E-state index contributed by atoms with van der Waals surface area (Å²) in [6.45, 7) is 3.09. The van der Waals surface area contributed by atoms with Crippen molar-refractivity contribution in [1.29, 1.82) is 0 Å². The third kappa shape index (κ3) is 6.63. The van der Waals surface area contributed by atoms with E-state index in [1.54, 1.807) is 6.92 Å². The Hall–Kier alpha value is -1.65. The molecule has 0 bridgehead atoms. The van der Waals surface area contributed by atoms with E-state index < -0.39 is 32.6 Å². The summed E-state index contributed by atoms with van der Waals surface area (Å²) in [5, 5.41) is 8.88. The molecule has 0 unspecified atom stereocenters. The van der Waals surface area contributed by atoms with E-state index in [9.17, 15) is 21.6 Å². The van der Waals surface area contributed by atoms with Crippen molar-refractivity contribution < 1.29 is 26.7 Å². The summed E-state index contributed by atoms with van der Waals surface area (Å²) in [7, 11) is -7.43. The molecule has 1 aromatic rings. The first-order valence-electron chi connectivity index (χ1n) is 7.95. The quantitative estimate of drug-likeness (QED) is 0.591. The molecule has 142 valence electrons. The van der Waals surface area contributed by atoms with Gasteiger partial charge in [-0.3, -0.25) is 9.52 Å². The molecule has 10 heteroatoms. The van der Waals surface area contributed by atoms with Gasteiger partial charge >= 0.3 is 5.97 Å². The molecule has 0 heterocycles. The lowest BCUT2D eigenvalue weighted by atomic mass is 10.3. The molecule has 0 spiro atoms. The summed E-state index contributed by atoms with van der Waals surface area (Å²) in [5.41, 5.74) is 0.260. The van der Waals surface area contributed by atoms with Gasteiger partial charge in [0.1, 0.15) is 6.54 Å². The third-order valence-corrected chi connectivity index (χ3v) is 6.55. The standard InChI is InChI=1S/C15H24N2O6S2/c1-3-5-11-24(20,21)16-13-6-8-14(9-7-13)25(22,23)17(10-4-2)12-15(18)19/h6-9,16H,3-5,10-12H2,1-2H3,(H,18,19). The smallest absolute Gasteiger partial charge is 0.318 e. The lowest BCUT2D eigenvalue weighted by molar-refractivity contribution is -0.137. The Morgan fingerprint density at radius 2 is 1.68 bits per heavy atom. The number of rotatable bonds is 11. The number of carboxylic acid groups (broad SMARTS) is 1. The van der Waals surface area contributed by atoms with E-state index in [0.29, 0.717) is 12.8 Å². The Morgan fingerprint density at radius 1 is 1.08 bits per heavy atom. The van der Waals surface area contributed by atoms with Crippen LogP contribution in [-0.2, 0) is 24.8 Å². The van der Waals surface area contributed by atoms with Crippen LogP contribution >= 0.6 is 0 Å². The predicted octanol–water partition coefficient (Wildman–Crippen LogP) is 1.71. The molecule has 0 aliphatic carbocycles. The molecular formula is C15H24N2O6S2. The highest BCUT2D eigenvalue weighted by atomic mass is 32.2. The molecule has 8 nitrogen and oxygen atoms in total. The normalized spacial score (nSPS) is 12.3. The number of unbranched alkanes of at least 4 members (excludes halogenated alkanes) is 1. The maximum absolute atomic E-state index is 12.5. The molecule has 0 radical (unpaired) electrons. The zero-order valence-electron chi connectivity index (χ0n) is 14.3. The highest BCUT2D eigenvalue weighted by Crippen LogP contribution is 2.19. The minimum Gasteiger partial charge on any atom is -0.480 e. The summed E-state index contributed by atoms with van der Waals surface area (Å²) in [5.74, 6) is -1.25. The van der Waals surface area contributed by atoms with Crippen molar-refractivity contribution in [3.05, 3.63) is 24.3 Å². The Labute approximate surface area is 149 Å². The van der Waals surface area contributed by atoms with E-state index in [4.69, 9.17) is 5.11 Å². The van der Waals surface area contributed by atoms with Gasteiger partial charge in [-0.05, 0) is 37.1 Å². The SMILES string of the molecule is CCCCS(=O)(=O)Nc1ccc(S(=O)(=O)N(CCC)CC(=O)O)cc1. The molecule has 1 rings (SSSR count). The van der Waals surface area contributed by atoms with Crippen LogP contribution in [0, 0.1) is 0 Å². The topological polar surface area (TPSA) is 121 Å². The lowest BCUT2D eigenvalue weighted by Gasteiger charge is -2.19. The number of aliphatic carboxylic acids is 1. The number of sulfonamides is 2. The van der Waals surface area contributed by atoms with Crippen molar-refractivity contribution in [2.24, 2.45) is 0 Å². The molecule has 0 aliphatic rings. The number of carboxylic acids is 1. The van der Waals surface area contributed by atoms with E-state index in [2.05, 4.69) is 4.72 Å². The van der Waals surface area contributed by atoms with Crippen molar-refractivity contribution in [2.75, 3.05) is 23.6 Å². The first-order valence-corrected chi connectivity index (χ1v) is 11.0. The molecule has 0 fully saturated rings. The Kier molecular flexibility index (Phi) is 7.84. The van der Waals surface area contributed by atoms with E-state index in [-0.39, 0.29) is 22.9 Å². The predicted molar refractivity (Wildman–Crippen MR) is 95.4 cm³/mol. The van der Waals surface area contributed by atoms with Crippen LogP contribution in [0.2, 0.25) is 0 Å². The van der Waals surface area contributed by atoms with Crippen LogP contribution in [0.3, 0.4) is 0 Å². The zero-order chi connectivity index (χ0) is 19.1. The van der Waals surface area contributed by atoms with Crippen LogP contribution in [-0.4, -0.2) is 51.1 Å². The Morgan fingerprint density at radius 3 is 2.16 bits per heavy atom. The van der Waals surface area contributed by atoms with E-state index >= 15 is 0 Å². The van der Waals surface area contributed by atoms with Gasteiger partial charge in [-0.25, -0.2) is 16.8 Å². The Balaban J connectivity index is 2.98. The molecule has 0 saturated heterocycles. The lowest BCUT2D eigenvalue weighted by Crippen LogP contribution is -2.36. The van der Waals surface area contributed by atoms with E-state index in [1.807, 2.05) is 6.92 Å². The Bertz CT molecular complexity index is 773. The number of nitrogens with one attached hydrogen (secondary N) is 1. The average molecular weight is 392 g/mol. The minimum absolute atomic E-state index is 0.00750. The molecule has 25 heavy (non-hydrogen) atoms. The van der Waals surface area contributed by atoms with E-state index in [1.165, 1.54) is 24.3 Å². The van der Waals surface area contributed by atoms with Gasteiger partial charge in [0.25, 0.3) is 0 Å². The summed E-state index contributed by atoms with van der Waals surface area (Å²) >= 11 is 0. The number of anilines is 1. The number of carbonyl (C=O) groups is 1. The van der Waals surface area contributed by atoms with Crippen LogP contribution in [0.4, 0.5) is 5.69 Å². The van der Waals surface area contributed by atoms with Crippen LogP contribution < -0.4 is 4.72 Å². The third-order valence-electron chi connectivity index (χ3n) is 3.32. The second-order valence-corrected chi connectivity index (χ2v) is 9.31. The highest BCUT2D eigenvalue weighted by molar-refractivity contribution is 7.92. The van der Waals surface area contributed by atoms with Gasteiger partial charge < -0.3 is 5.11 Å². The molecule has 2 N–H and O–H groups in total. The highest BCUT2D eigenvalue weighted by Gasteiger charge is 2.25. The van der Waals surface area contributed by atoms with Gasteiger partial charge in [-0.1, -0.05) is 20.3 Å². The van der Waals surface area contributed by atoms with Gasteiger partial charge in [0, 0.05) is 12.2 Å². The molecule has 0 saturated carbocycles. The number of hydrogen-bond donors (Lipinski definition) is 2. The molecule has 0 aliphatic heterocycles. The largest absolute Gasteiger partial charge is 0.480 e. The van der Waals surface area contributed by atoms with Crippen molar-refractivity contribution in [3.63, 3.8) is 0 Å². The maximum Gasteiger partial charge on any atom is 0.318 e. The monoisotopic (exact) mass is 392 g/mol.